The summed E-state index contributed by atoms with van der Waals surface area (Å²) in [6.07, 6.45) is 3.98. The number of halogens is 1. The van der Waals surface area contributed by atoms with Crippen molar-refractivity contribution >= 4 is 21.7 Å². The molecule has 3 heteroatoms. The van der Waals surface area contributed by atoms with Crippen LogP contribution in [0.4, 0.5) is 5.82 Å². The van der Waals surface area contributed by atoms with E-state index in [1.165, 1.54) is 25.8 Å². The highest BCUT2D eigenvalue weighted by atomic mass is 79.9. The lowest BCUT2D eigenvalue weighted by molar-refractivity contribution is 0.698. The second kappa shape index (κ2) is 4.97. The van der Waals surface area contributed by atoms with Gasteiger partial charge in [-0.2, -0.15) is 0 Å². The van der Waals surface area contributed by atoms with E-state index in [4.69, 9.17) is 0 Å². The number of nitrogens with zero attached hydrogens (tertiary/aromatic N) is 2. The van der Waals surface area contributed by atoms with Crippen LogP contribution in [-0.4, -0.2) is 18.1 Å². The van der Waals surface area contributed by atoms with Crippen LogP contribution in [0, 0.1) is 5.92 Å². The van der Waals surface area contributed by atoms with Gasteiger partial charge in [0.15, 0.2) is 0 Å². The Balaban J connectivity index is 2.07. The van der Waals surface area contributed by atoms with E-state index in [2.05, 4.69) is 44.9 Å². The van der Waals surface area contributed by atoms with Gasteiger partial charge in [0.1, 0.15) is 10.4 Å². The zero-order chi connectivity index (χ0) is 10.7. The van der Waals surface area contributed by atoms with E-state index >= 15 is 0 Å². The number of pyridine rings is 1. The molecule has 0 spiro atoms. The molecule has 0 atom stereocenters. The monoisotopic (exact) mass is 268 g/mol. The molecule has 0 saturated heterocycles. The molecule has 2 rings (SSSR count). The third-order valence-electron chi connectivity index (χ3n) is 2.69. The highest BCUT2D eigenvalue weighted by Crippen LogP contribution is 2.31. The maximum absolute atomic E-state index is 4.52. The van der Waals surface area contributed by atoms with Crippen molar-refractivity contribution in [3.05, 3.63) is 22.8 Å². The Morgan fingerprint density at radius 2 is 2.27 bits per heavy atom. The molecule has 0 bridgehead atoms. The summed E-state index contributed by atoms with van der Waals surface area (Å²) >= 11 is 3.43. The largest absolute Gasteiger partial charge is 0.356 e. The maximum atomic E-state index is 4.52. The molecule has 15 heavy (non-hydrogen) atoms. The van der Waals surface area contributed by atoms with Crippen molar-refractivity contribution in [2.24, 2.45) is 5.92 Å². The first-order chi connectivity index (χ1) is 7.29. The fourth-order valence-corrected chi connectivity index (χ4v) is 2.09. The van der Waals surface area contributed by atoms with Crippen LogP contribution >= 0.6 is 15.9 Å². The lowest BCUT2D eigenvalue weighted by atomic mass is 10.3. The summed E-state index contributed by atoms with van der Waals surface area (Å²) in [5.41, 5.74) is 0. The fraction of sp³-hybridized carbons (Fsp3) is 0.583. The second-order valence-corrected chi connectivity index (χ2v) is 5.02. The summed E-state index contributed by atoms with van der Waals surface area (Å²) < 4.78 is 0.928. The second-order valence-electron chi connectivity index (χ2n) is 4.21. The first-order valence-corrected chi connectivity index (χ1v) is 6.46. The van der Waals surface area contributed by atoms with E-state index in [-0.39, 0.29) is 0 Å². The maximum Gasteiger partial charge on any atom is 0.129 e. The highest BCUT2D eigenvalue weighted by molar-refractivity contribution is 9.10. The minimum absolute atomic E-state index is 0.914. The van der Waals surface area contributed by atoms with Gasteiger partial charge in [0.2, 0.25) is 0 Å². The van der Waals surface area contributed by atoms with Crippen LogP contribution in [0.15, 0.2) is 22.8 Å². The minimum Gasteiger partial charge on any atom is -0.356 e. The van der Waals surface area contributed by atoms with Crippen LogP contribution in [0.2, 0.25) is 0 Å². The van der Waals surface area contributed by atoms with Crippen molar-refractivity contribution in [1.82, 2.24) is 4.98 Å². The highest BCUT2D eigenvalue weighted by Gasteiger charge is 2.24. The smallest absolute Gasteiger partial charge is 0.129 e. The van der Waals surface area contributed by atoms with Gasteiger partial charge in [0, 0.05) is 13.1 Å². The first-order valence-electron chi connectivity index (χ1n) is 5.67. The average Bonchev–Trinajstić information content (AvgIpc) is 3.01. The van der Waals surface area contributed by atoms with Gasteiger partial charge in [-0.3, -0.25) is 0 Å². The molecule has 0 unspecified atom stereocenters. The topological polar surface area (TPSA) is 16.1 Å². The van der Waals surface area contributed by atoms with Crippen molar-refractivity contribution in [2.75, 3.05) is 18.0 Å². The van der Waals surface area contributed by atoms with Crippen molar-refractivity contribution in [1.29, 1.82) is 0 Å². The van der Waals surface area contributed by atoms with Gasteiger partial charge in [-0.05, 0) is 53.2 Å². The van der Waals surface area contributed by atoms with Gasteiger partial charge < -0.3 is 4.90 Å². The van der Waals surface area contributed by atoms with Crippen LogP contribution in [0.3, 0.4) is 0 Å². The Morgan fingerprint density at radius 3 is 2.87 bits per heavy atom. The molecule has 0 aliphatic heterocycles. The zero-order valence-electron chi connectivity index (χ0n) is 9.12. The van der Waals surface area contributed by atoms with Crippen LogP contribution < -0.4 is 4.90 Å². The minimum atomic E-state index is 0.914. The quantitative estimate of drug-likeness (QED) is 0.761. The van der Waals surface area contributed by atoms with E-state index in [1.807, 2.05) is 6.07 Å². The Kier molecular flexibility index (Phi) is 3.62. The van der Waals surface area contributed by atoms with Crippen molar-refractivity contribution < 1.29 is 0 Å². The molecule has 1 heterocycles. The number of aromatic nitrogens is 1. The summed E-state index contributed by atoms with van der Waals surface area (Å²) in [5.74, 6) is 2.02. The van der Waals surface area contributed by atoms with E-state index < -0.39 is 0 Å². The normalized spacial score (nSPS) is 15.3. The van der Waals surface area contributed by atoms with Gasteiger partial charge in [0.05, 0.1) is 0 Å². The molecule has 0 radical (unpaired) electrons. The van der Waals surface area contributed by atoms with Crippen LogP contribution in [0.1, 0.15) is 26.2 Å². The SMILES string of the molecule is CCCN(CC1CC1)c1cccc(Br)n1. The molecule has 2 nitrogen and oxygen atoms in total. The predicted molar refractivity (Wildman–Crippen MR) is 67.2 cm³/mol. The summed E-state index contributed by atoms with van der Waals surface area (Å²) in [6.45, 7) is 4.51. The van der Waals surface area contributed by atoms with E-state index in [1.54, 1.807) is 0 Å². The molecule has 0 amide bonds. The summed E-state index contributed by atoms with van der Waals surface area (Å²) in [4.78, 5) is 6.92. The standard InChI is InChI=1S/C12H17BrN2/c1-2-8-15(9-10-6-7-10)12-5-3-4-11(13)14-12/h3-5,10H,2,6-9H2,1H3. The third-order valence-corrected chi connectivity index (χ3v) is 3.14. The molecule has 1 aliphatic rings. The molecule has 1 aromatic heterocycles. The first kappa shape index (κ1) is 10.9. The van der Waals surface area contributed by atoms with Crippen molar-refractivity contribution in [3.8, 4) is 0 Å². The van der Waals surface area contributed by atoms with Gasteiger partial charge >= 0.3 is 0 Å². The van der Waals surface area contributed by atoms with E-state index in [0.29, 0.717) is 0 Å². The Bertz CT molecular complexity index is 323. The van der Waals surface area contributed by atoms with Crippen molar-refractivity contribution in [3.63, 3.8) is 0 Å². The van der Waals surface area contributed by atoms with Crippen LogP contribution in [0.5, 0.6) is 0 Å². The van der Waals surface area contributed by atoms with Crippen LogP contribution in [-0.2, 0) is 0 Å². The lowest BCUT2D eigenvalue weighted by Crippen LogP contribution is -2.27. The molecule has 82 valence electrons. The Labute approximate surface area is 99.8 Å². The zero-order valence-corrected chi connectivity index (χ0v) is 10.7. The lowest BCUT2D eigenvalue weighted by Gasteiger charge is -2.23. The molecule has 0 aromatic carbocycles. The molecule has 1 aromatic rings. The summed E-state index contributed by atoms with van der Waals surface area (Å²) in [7, 11) is 0. The molecular formula is C12H17BrN2. The molecule has 1 aliphatic carbocycles. The van der Waals surface area contributed by atoms with Gasteiger partial charge in [-0.1, -0.05) is 13.0 Å². The molecular weight excluding hydrogens is 252 g/mol. The van der Waals surface area contributed by atoms with Crippen molar-refractivity contribution in [2.45, 2.75) is 26.2 Å². The fourth-order valence-electron chi connectivity index (χ4n) is 1.76. The van der Waals surface area contributed by atoms with E-state index in [0.717, 1.165) is 22.9 Å². The Hall–Kier alpha value is -0.570. The molecule has 0 N–H and O–H groups in total. The van der Waals surface area contributed by atoms with Gasteiger partial charge in [-0.15, -0.1) is 0 Å². The predicted octanol–water partition coefficient (Wildman–Crippen LogP) is 3.47. The van der Waals surface area contributed by atoms with Gasteiger partial charge in [0.25, 0.3) is 0 Å². The van der Waals surface area contributed by atoms with Crippen LogP contribution in [0.25, 0.3) is 0 Å². The third kappa shape index (κ3) is 3.20. The van der Waals surface area contributed by atoms with E-state index in [9.17, 15) is 0 Å². The summed E-state index contributed by atoms with van der Waals surface area (Å²) in [5, 5.41) is 0. The molecule has 1 fully saturated rings. The Morgan fingerprint density at radius 1 is 1.47 bits per heavy atom. The summed E-state index contributed by atoms with van der Waals surface area (Å²) in [6, 6.07) is 6.13. The average molecular weight is 269 g/mol. The van der Waals surface area contributed by atoms with Gasteiger partial charge in [-0.25, -0.2) is 4.98 Å². The number of hydrogen-bond donors (Lipinski definition) is 0. The number of anilines is 1. The number of rotatable bonds is 5. The number of hydrogen-bond acceptors (Lipinski definition) is 2. The molecule has 1 saturated carbocycles.